The van der Waals surface area contributed by atoms with Gasteiger partial charge in [-0.1, -0.05) is 67.5 Å². The largest absolute Gasteiger partial charge is 0.354 e. The van der Waals surface area contributed by atoms with Crippen LogP contribution in [0.4, 0.5) is 10.2 Å². The Morgan fingerprint density at radius 3 is 2.55 bits per heavy atom. The number of fused-ring (bicyclic) bond motifs is 2. The van der Waals surface area contributed by atoms with Gasteiger partial charge in [0.25, 0.3) is 5.71 Å². The topological polar surface area (TPSA) is 75.4 Å². The average Bonchev–Trinajstić information content (AvgIpc) is 3.21. The molecule has 40 heavy (non-hydrogen) atoms. The number of halogens is 1. The molecule has 8 heteroatoms. The highest BCUT2D eigenvalue weighted by Crippen LogP contribution is 2.35. The van der Waals surface area contributed by atoms with E-state index in [9.17, 15) is 9.18 Å². The summed E-state index contributed by atoms with van der Waals surface area (Å²) in [6.45, 7) is 6.89. The highest BCUT2D eigenvalue weighted by Gasteiger charge is 2.26. The van der Waals surface area contributed by atoms with Crippen molar-refractivity contribution >= 4 is 33.6 Å². The minimum Gasteiger partial charge on any atom is -0.354 e. The Hall–Kier alpha value is -4.33. The van der Waals surface area contributed by atoms with Gasteiger partial charge in [-0.25, -0.2) is 9.37 Å². The van der Waals surface area contributed by atoms with Crippen LogP contribution in [0.3, 0.4) is 0 Å². The van der Waals surface area contributed by atoms with Crippen molar-refractivity contribution in [2.45, 2.75) is 33.1 Å². The van der Waals surface area contributed by atoms with Crippen LogP contribution in [0.5, 0.6) is 0 Å². The standard InChI is InChI=1S/C32H32FN5O2/c1-21(2)18-27-34-31(38-15-5-14-37(16-17-38)28(39)19-22-8-12-26(33)13-9-22)29-30(36-40-32(29)35-27)25-11-10-23-6-3-4-7-24(23)20-25/h3-4,6-13,20-21H,5,14-19H2,1-2H3. The third-order valence-corrected chi connectivity index (χ3v) is 7.39. The molecule has 0 aliphatic carbocycles. The van der Waals surface area contributed by atoms with Gasteiger partial charge in [-0.15, -0.1) is 0 Å². The van der Waals surface area contributed by atoms with E-state index in [0.29, 0.717) is 31.3 Å². The van der Waals surface area contributed by atoms with Gasteiger partial charge in [0.05, 0.1) is 6.42 Å². The SMILES string of the molecule is CC(C)Cc1nc(N2CCCN(C(=O)Cc3ccc(F)cc3)CC2)c2c(-c3ccc4ccccc4c3)noc2n1. The van der Waals surface area contributed by atoms with Gasteiger partial charge in [0.2, 0.25) is 5.91 Å². The normalized spacial score (nSPS) is 14.3. The second-order valence-electron chi connectivity index (χ2n) is 10.9. The van der Waals surface area contributed by atoms with E-state index < -0.39 is 0 Å². The predicted molar refractivity (Wildman–Crippen MR) is 155 cm³/mol. The molecule has 3 aromatic carbocycles. The summed E-state index contributed by atoms with van der Waals surface area (Å²) in [7, 11) is 0. The lowest BCUT2D eigenvalue weighted by atomic mass is 10.0. The second kappa shape index (κ2) is 11.0. The van der Waals surface area contributed by atoms with E-state index in [4.69, 9.17) is 14.5 Å². The van der Waals surface area contributed by atoms with Crippen LogP contribution in [0.2, 0.25) is 0 Å². The number of nitrogens with zero attached hydrogens (tertiary/aromatic N) is 5. The smallest absolute Gasteiger partial charge is 0.263 e. The predicted octanol–water partition coefficient (Wildman–Crippen LogP) is 6.06. The van der Waals surface area contributed by atoms with Gasteiger partial charge in [0.15, 0.2) is 0 Å². The van der Waals surface area contributed by atoms with Crippen LogP contribution in [-0.2, 0) is 17.6 Å². The maximum atomic E-state index is 13.3. The second-order valence-corrected chi connectivity index (χ2v) is 10.9. The molecule has 1 aliphatic rings. The monoisotopic (exact) mass is 537 g/mol. The number of hydrogen-bond donors (Lipinski definition) is 0. The first-order chi connectivity index (χ1) is 19.4. The van der Waals surface area contributed by atoms with Crippen molar-refractivity contribution in [2.24, 2.45) is 5.92 Å². The van der Waals surface area contributed by atoms with Gasteiger partial charge in [0.1, 0.15) is 28.5 Å². The molecule has 0 bridgehead atoms. The summed E-state index contributed by atoms with van der Waals surface area (Å²) in [5.74, 6) is 1.66. The van der Waals surface area contributed by atoms with Crippen molar-refractivity contribution in [1.82, 2.24) is 20.0 Å². The van der Waals surface area contributed by atoms with Gasteiger partial charge in [-0.05, 0) is 46.9 Å². The Labute approximate surface area is 232 Å². The quantitative estimate of drug-likeness (QED) is 0.262. The molecule has 204 valence electrons. The zero-order valence-electron chi connectivity index (χ0n) is 22.8. The van der Waals surface area contributed by atoms with Crippen molar-refractivity contribution in [1.29, 1.82) is 0 Å². The first-order valence-corrected chi connectivity index (χ1v) is 13.9. The summed E-state index contributed by atoms with van der Waals surface area (Å²) in [5.41, 5.74) is 2.97. The first-order valence-electron chi connectivity index (χ1n) is 13.9. The van der Waals surface area contributed by atoms with Gasteiger partial charge in [-0.3, -0.25) is 4.79 Å². The molecule has 7 nitrogen and oxygen atoms in total. The lowest BCUT2D eigenvalue weighted by molar-refractivity contribution is -0.130. The molecule has 2 aromatic heterocycles. The molecule has 0 radical (unpaired) electrons. The van der Waals surface area contributed by atoms with Crippen LogP contribution in [-0.4, -0.2) is 52.1 Å². The highest BCUT2D eigenvalue weighted by molar-refractivity contribution is 6.00. The Morgan fingerprint density at radius 2 is 1.75 bits per heavy atom. The number of carbonyl (C=O) groups is 1. The maximum Gasteiger partial charge on any atom is 0.263 e. The number of carbonyl (C=O) groups excluding carboxylic acids is 1. The fraction of sp³-hybridized carbons (Fsp3) is 0.312. The summed E-state index contributed by atoms with van der Waals surface area (Å²) in [4.78, 5) is 27.0. The third kappa shape index (κ3) is 5.39. The molecule has 0 N–H and O–H groups in total. The minimum absolute atomic E-state index is 0.0450. The van der Waals surface area contributed by atoms with Gasteiger partial charge >= 0.3 is 0 Å². The molecular formula is C32H32FN5O2. The van der Waals surface area contributed by atoms with Crippen molar-refractivity contribution < 1.29 is 13.7 Å². The molecule has 1 fully saturated rings. The van der Waals surface area contributed by atoms with Gasteiger partial charge in [0, 0.05) is 38.2 Å². The van der Waals surface area contributed by atoms with E-state index in [0.717, 1.165) is 64.0 Å². The number of amides is 1. The van der Waals surface area contributed by atoms with E-state index in [2.05, 4.69) is 54.2 Å². The van der Waals surface area contributed by atoms with Crippen LogP contribution < -0.4 is 4.90 Å². The average molecular weight is 538 g/mol. The summed E-state index contributed by atoms with van der Waals surface area (Å²) in [6.07, 6.45) is 1.79. The number of benzene rings is 3. The van der Waals surface area contributed by atoms with E-state index in [1.807, 2.05) is 17.0 Å². The molecule has 0 spiro atoms. The zero-order chi connectivity index (χ0) is 27.6. The molecule has 0 unspecified atom stereocenters. The Morgan fingerprint density at radius 1 is 0.950 bits per heavy atom. The van der Waals surface area contributed by atoms with Crippen LogP contribution in [0, 0.1) is 11.7 Å². The number of aromatic nitrogens is 3. The molecule has 6 rings (SSSR count). The van der Waals surface area contributed by atoms with Gasteiger partial charge < -0.3 is 14.3 Å². The summed E-state index contributed by atoms with van der Waals surface area (Å²) >= 11 is 0. The van der Waals surface area contributed by atoms with Crippen LogP contribution in [0.25, 0.3) is 33.1 Å². The summed E-state index contributed by atoms with van der Waals surface area (Å²) < 4.78 is 19.1. The molecule has 3 heterocycles. The van der Waals surface area contributed by atoms with Crippen LogP contribution >= 0.6 is 0 Å². The molecule has 0 atom stereocenters. The van der Waals surface area contributed by atoms with Crippen molar-refractivity contribution in [3.8, 4) is 11.3 Å². The fourth-order valence-corrected chi connectivity index (χ4v) is 5.37. The highest BCUT2D eigenvalue weighted by atomic mass is 19.1. The molecule has 1 amide bonds. The van der Waals surface area contributed by atoms with E-state index in [-0.39, 0.29) is 18.1 Å². The Bertz CT molecular complexity index is 1660. The first kappa shape index (κ1) is 25.9. The molecule has 1 saturated heterocycles. The summed E-state index contributed by atoms with van der Waals surface area (Å²) in [6, 6.07) is 20.6. The lowest BCUT2D eigenvalue weighted by Gasteiger charge is -2.24. The number of rotatable bonds is 6. The number of anilines is 1. The van der Waals surface area contributed by atoms with Gasteiger partial charge in [-0.2, -0.15) is 4.98 Å². The van der Waals surface area contributed by atoms with Crippen LogP contribution in [0.15, 0.2) is 71.3 Å². The van der Waals surface area contributed by atoms with E-state index in [1.54, 1.807) is 12.1 Å². The number of hydrogen-bond acceptors (Lipinski definition) is 6. The maximum absolute atomic E-state index is 13.3. The Balaban J connectivity index is 1.32. The molecule has 1 aliphatic heterocycles. The van der Waals surface area contributed by atoms with Crippen molar-refractivity contribution in [2.75, 3.05) is 31.1 Å². The van der Waals surface area contributed by atoms with Crippen molar-refractivity contribution in [3.05, 3.63) is 83.9 Å². The molecule has 5 aromatic rings. The fourth-order valence-electron chi connectivity index (χ4n) is 5.37. The van der Waals surface area contributed by atoms with E-state index in [1.165, 1.54) is 12.1 Å². The third-order valence-electron chi connectivity index (χ3n) is 7.39. The van der Waals surface area contributed by atoms with Crippen LogP contribution in [0.1, 0.15) is 31.7 Å². The minimum atomic E-state index is -0.300. The Kier molecular flexibility index (Phi) is 7.15. The zero-order valence-corrected chi connectivity index (χ0v) is 22.8. The van der Waals surface area contributed by atoms with Crippen molar-refractivity contribution in [3.63, 3.8) is 0 Å². The van der Waals surface area contributed by atoms with E-state index >= 15 is 0 Å². The molecular weight excluding hydrogens is 505 g/mol. The summed E-state index contributed by atoms with van der Waals surface area (Å²) in [5, 5.41) is 7.56. The molecule has 0 saturated carbocycles. The lowest BCUT2D eigenvalue weighted by Crippen LogP contribution is -2.36.